The minimum absolute atomic E-state index is 0.394. The lowest BCUT2D eigenvalue weighted by Crippen LogP contribution is -2.01. The highest BCUT2D eigenvalue weighted by atomic mass is 19.2. The topological polar surface area (TPSA) is 35.2 Å². The number of hydrogen-bond donors (Lipinski definition) is 1. The Kier molecular flexibility index (Phi) is 4.49. The van der Waals surface area contributed by atoms with Gasteiger partial charge in [0.25, 0.3) is 0 Å². The third-order valence-electron chi connectivity index (χ3n) is 2.22. The van der Waals surface area contributed by atoms with Crippen LogP contribution in [0.4, 0.5) is 8.78 Å². The van der Waals surface area contributed by atoms with Gasteiger partial charge in [-0.05, 0) is 37.4 Å². The Balaban J connectivity index is 2.80. The number of halogens is 2. The fourth-order valence-electron chi connectivity index (χ4n) is 1.41. The molecule has 2 nitrogen and oxygen atoms in total. The number of ether oxygens (including phenoxy) is 1. The van der Waals surface area contributed by atoms with E-state index in [0.29, 0.717) is 24.3 Å². The molecule has 0 aliphatic carbocycles. The number of hydrogen-bond acceptors (Lipinski definition) is 2. The van der Waals surface area contributed by atoms with Crippen LogP contribution in [-0.4, -0.2) is 13.7 Å². The monoisotopic (exact) mass is 215 g/mol. The third kappa shape index (κ3) is 3.16. The highest BCUT2D eigenvalue weighted by molar-refractivity contribution is 5.34. The second-order valence-electron chi connectivity index (χ2n) is 3.32. The summed E-state index contributed by atoms with van der Waals surface area (Å²) in [4.78, 5) is 0. The Morgan fingerprint density at radius 1 is 1.20 bits per heavy atom. The summed E-state index contributed by atoms with van der Waals surface area (Å²) in [6.45, 7) is 0.603. The SMILES string of the molecule is COc1cc(F)c(F)cc1CCCCN. The van der Waals surface area contributed by atoms with Gasteiger partial charge >= 0.3 is 0 Å². The van der Waals surface area contributed by atoms with Crippen molar-refractivity contribution >= 4 is 0 Å². The standard InChI is InChI=1S/C11H15F2NO/c1-15-11-7-10(13)9(12)6-8(11)4-2-3-5-14/h6-7H,2-5,14H2,1H3. The van der Waals surface area contributed by atoms with Gasteiger partial charge in [0.2, 0.25) is 0 Å². The fraction of sp³-hybridized carbons (Fsp3) is 0.455. The van der Waals surface area contributed by atoms with Gasteiger partial charge in [0.05, 0.1) is 7.11 Å². The van der Waals surface area contributed by atoms with Gasteiger partial charge in [-0.2, -0.15) is 0 Å². The Morgan fingerprint density at radius 2 is 1.87 bits per heavy atom. The maximum atomic E-state index is 12.9. The number of benzene rings is 1. The van der Waals surface area contributed by atoms with Gasteiger partial charge in [0, 0.05) is 6.07 Å². The van der Waals surface area contributed by atoms with Crippen molar-refractivity contribution in [2.45, 2.75) is 19.3 Å². The molecule has 0 unspecified atom stereocenters. The van der Waals surface area contributed by atoms with Crippen molar-refractivity contribution in [2.24, 2.45) is 5.73 Å². The molecule has 4 heteroatoms. The number of rotatable bonds is 5. The van der Waals surface area contributed by atoms with Crippen molar-refractivity contribution in [3.63, 3.8) is 0 Å². The van der Waals surface area contributed by atoms with Crippen LogP contribution in [0, 0.1) is 11.6 Å². The van der Waals surface area contributed by atoms with Gasteiger partial charge in [-0.1, -0.05) is 0 Å². The van der Waals surface area contributed by atoms with Gasteiger partial charge in [-0.3, -0.25) is 0 Å². The van der Waals surface area contributed by atoms with E-state index >= 15 is 0 Å². The fourth-order valence-corrected chi connectivity index (χ4v) is 1.41. The molecule has 1 rings (SSSR count). The second kappa shape index (κ2) is 5.66. The summed E-state index contributed by atoms with van der Waals surface area (Å²) in [5, 5.41) is 0. The molecule has 15 heavy (non-hydrogen) atoms. The van der Waals surface area contributed by atoms with Crippen LogP contribution in [0.1, 0.15) is 18.4 Å². The van der Waals surface area contributed by atoms with E-state index in [1.807, 2.05) is 0 Å². The minimum atomic E-state index is -0.880. The van der Waals surface area contributed by atoms with Crippen molar-refractivity contribution in [2.75, 3.05) is 13.7 Å². The smallest absolute Gasteiger partial charge is 0.162 e. The summed E-state index contributed by atoms with van der Waals surface area (Å²) < 4.78 is 30.8. The molecule has 0 amide bonds. The van der Waals surface area contributed by atoms with Crippen LogP contribution >= 0.6 is 0 Å². The van der Waals surface area contributed by atoms with Crippen LogP contribution in [0.25, 0.3) is 0 Å². The molecule has 0 fully saturated rings. The van der Waals surface area contributed by atoms with Gasteiger partial charge in [0.15, 0.2) is 11.6 Å². The molecule has 84 valence electrons. The number of unbranched alkanes of at least 4 members (excludes halogenated alkanes) is 1. The summed E-state index contributed by atoms with van der Waals surface area (Å²) in [5.41, 5.74) is 6.04. The average Bonchev–Trinajstić information content (AvgIpc) is 2.23. The highest BCUT2D eigenvalue weighted by Gasteiger charge is 2.09. The second-order valence-corrected chi connectivity index (χ2v) is 3.32. The molecule has 0 bridgehead atoms. The van der Waals surface area contributed by atoms with Gasteiger partial charge in [-0.25, -0.2) is 8.78 Å². The molecule has 0 radical (unpaired) electrons. The first-order valence-corrected chi connectivity index (χ1v) is 4.91. The zero-order valence-corrected chi connectivity index (χ0v) is 8.72. The van der Waals surface area contributed by atoms with Gasteiger partial charge in [-0.15, -0.1) is 0 Å². The van der Waals surface area contributed by atoms with Crippen LogP contribution in [0.5, 0.6) is 5.75 Å². The largest absolute Gasteiger partial charge is 0.496 e. The van der Waals surface area contributed by atoms with Crippen LogP contribution in [0.3, 0.4) is 0 Å². The van der Waals surface area contributed by atoms with E-state index in [1.54, 1.807) is 0 Å². The van der Waals surface area contributed by atoms with Crippen LogP contribution in [0.2, 0.25) is 0 Å². The maximum absolute atomic E-state index is 12.9. The molecule has 0 heterocycles. The Morgan fingerprint density at radius 3 is 2.47 bits per heavy atom. The third-order valence-corrected chi connectivity index (χ3v) is 2.22. The van der Waals surface area contributed by atoms with E-state index in [0.717, 1.165) is 18.9 Å². The van der Waals surface area contributed by atoms with E-state index in [-0.39, 0.29) is 0 Å². The molecule has 0 saturated carbocycles. The zero-order valence-electron chi connectivity index (χ0n) is 8.72. The number of methoxy groups -OCH3 is 1. The first-order valence-electron chi connectivity index (χ1n) is 4.91. The van der Waals surface area contributed by atoms with E-state index in [2.05, 4.69) is 0 Å². The Bertz CT molecular complexity index is 329. The Labute approximate surface area is 88.0 Å². The lowest BCUT2D eigenvalue weighted by Gasteiger charge is -2.08. The van der Waals surface area contributed by atoms with Crippen molar-refractivity contribution < 1.29 is 13.5 Å². The summed E-state index contributed by atoms with van der Waals surface area (Å²) in [7, 11) is 1.44. The molecule has 0 aliphatic rings. The summed E-state index contributed by atoms with van der Waals surface area (Å²) in [6.07, 6.45) is 2.36. The molecule has 1 aromatic carbocycles. The van der Waals surface area contributed by atoms with Crippen molar-refractivity contribution in [3.8, 4) is 5.75 Å². The van der Waals surface area contributed by atoms with Crippen LogP contribution < -0.4 is 10.5 Å². The number of nitrogens with two attached hydrogens (primary N) is 1. The molecule has 0 saturated heterocycles. The van der Waals surface area contributed by atoms with Gasteiger partial charge in [0.1, 0.15) is 5.75 Å². The van der Waals surface area contributed by atoms with Crippen molar-refractivity contribution in [1.82, 2.24) is 0 Å². The molecule has 0 aliphatic heterocycles. The quantitative estimate of drug-likeness (QED) is 0.764. The molecular formula is C11H15F2NO. The van der Waals surface area contributed by atoms with Crippen LogP contribution in [-0.2, 0) is 6.42 Å². The number of aryl methyl sites for hydroxylation is 1. The first-order chi connectivity index (χ1) is 7.19. The predicted molar refractivity (Wildman–Crippen MR) is 54.9 cm³/mol. The summed E-state index contributed by atoms with van der Waals surface area (Å²) in [6, 6.07) is 2.26. The predicted octanol–water partition coefficient (Wildman–Crippen LogP) is 2.25. The van der Waals surface area contributed by atoms with E-state index in [9.17, 15) is 8.78 Å². The molecule has 2 N–H and O–H groups in total. The van der Waals surface area contributed by atoms with E-state index < -0.39 is 11.6 Å². The average molecular weight is 215 g/mol. The molecular weight excluding hydrogens is 200 g/mol. The van der Waals surface area contributed by atoms with Crippen molar-refractivity contribution in [1.29, 1.82) is 0 Å². The lowest BCUT2D eigenvalue weighted by molar-refractivity contribution is 0.400. The summed E-state index contributed by atoms with van der Waals surface area (Å²) in [5.74, 6) is -1.32. The van der Waals surface area contributed by atoms with E-state index in [1.165, 1.54) is 13.2 Å². The van der Waals surface area contributed by atoms with Gasteiger partial charge < -0.3 is 10.5 Å². The maximum Gasteiger partial charge on any atom is 0.162 e. The highest BCUT2D eigenvalue weighted by Crippen LogP contribution is 2.23. The lowest BCUT2D eigenvalue weighted by atomic mass is 10.1. The minimum Gasteiger partial charge on any atom is -0.496 e. The van der Waals surface area contributed by atoms with Crippen molar-refractivity contribution in [3.05, 3.63) is 29.3 Å². The molecule has 0 aromatic heterocycles. The zero-order chi connectivity index (χ0) is 11.3. The van der Waals surface area contributed by atoms with E-state index in [4.69, 9.17) is 10.5 Å². The molecule has 0 spiro atoms. The normalized spacial score (nSPS) is 10.4. The molecule has 1 aromatic rings. The first kappa shape index (κ1) is 11.9. The Hall–Kier alpha value is -1.16. The van der Waals surface area contributed by atoms with Crippen LogP contribution in [0.15, 0.2) is 12.1 Å². The summed E-state index contributed by atoms with van der Waals surface area (Å²) >= 11 is 0. The molecule has 0 atom stereocenters.